The molecule has 0 radical (unpaired) electrons. The van der Waals surface area contributed by atoms with Gasteiger partial charge in [-0.3, -0.25) is 14.2 Å². The van der Waals surface area contributed by atoms with Gasteiger partial charge in [0.2, 0.25) is 0 Å². The molecule has 7 nitrogen and oxygen atoms in total. The van der Waals surface area contributed by atoms with Gasteiger partial charge in [-0.15, -0.1) is 22.7 Å². The van der Waals surface area contributed by atoms with Gasteiger partial charge >= 0.3 is 0 Å². The molecule has 0 saturated carbocycles. The summed E-state index contributed by atoms with van der Waals surface area (Å²) in [7, 11) is 0. The Hall–Kier alpha value is -2.10. The number of hydrogen-bond donors (Lipinski definition) is 1. The highest BCUT2D eigenvalue weighted by atomic mass is 32.1. The van der Waals surface area contributed by atoms with Gasteiger partial charge in [0.15, 0.2) is 0 Å². The van der Waals surface area contributed by atoms with Crippen LogP contribution >= 0.6 is 22.7 Å². The van der Waals surface area contributed by atoms with Crippen molar-refractivity contribution >= 4 is 38.8 Å². The van der Waals surface area contributed by atoms with Crippen LogP contribution < -0.4 is 5.56 Å². The minimum atomic E-state index is -1.03. The summed E-state index contributed by atoms with van der Waals surface area (Å²) in [6.07, 6.45) is 2.36. The van der Waals surface area contributed by atoms with Gasteiger partial charge in [0.05, 0.1) is 34.6 Å². The van der Waals surface area contributed by atoms with Gasteiger partial charge in [-0.2, -0.15) is 0 Å². The van der Waals surface area contributed by atoms with Crippen LogP contribution in [0.5, 0.6) is 0 Å². The molecule has 1 N–H and O–H groups in total. The zero-order valence-electron chi connectivity index (χ0n) is 17.0. The minimum Gasteiger partial charge on any atom is -0.388 e. The first kappa shape index (κ1) is 20.2. The fourth-order valence-electron chi connectivity index (χ4n) is 3.86. The third kappa shape index (κ3) is 3.62. The fourth-order valence-corrected chi connectivity index (χ4v) is 5.73. The molecule has 0 spiro atoms. The van der Waals surface area contributed by atoms with E-state index in [2.05, 4.69) is 9.97 Å². The van der Waals surface area contributed by atoms with Crippen molar-refractivity contribution in [1.82, 2.24) is 19.4 Å². The van der Waals surface area contributed by atoms with E-state index in [1.54, 1.807) is 4.90 Å². The minimum absolute atomic E-state index is 0.0280. The van der Waals surface area contributed by atoms with Crippen molar-refractivity contribution in [3.8, 4) is 0 Å². The van der Waals surface area contributed by atoms with Crippen LogP contribution in [-0.2, 0) is 6.54 Å². The highest BCUT2D eigenvalue weighted by Crippen LogP contribution is 2.28. The summed E-state index contributed by atoms with van der Waals surface area (Å²) in [4.78, 5) is 38.7. The molecule has 0 atom stereocenters. The summed E-state index contributed by atoms with van der Waals surface area (Å²) < 4.78 is 1.51. The molecule has 1 amide bonds. The molecular weight excluding hydrogens is 408 g/mol. The number of fused-ring (bicyclic) bond motifs is 1. The third-order valence-corrected chi connectivity index (χ3v) is 7.88. The molecule has 29 heavy (non-hydrogen) atoms. The average Bonchev–Trinajstić information content (AvgIpc) is 3.16. The van der Waals surface area contributed by atoms with Crippen LogP contribution in [-0.4, -0.2) is 49.1 Å². The summed E-state index contributed by atoms with van der Waals surface area (Å²) in [6.45, 7) is 8.74. The van der Waals surface area contributed by atoms with E-state index in [4.69, 9.17) is 0 Å². The Balaban J connectivity index is 1.50. The predicted octanol–water partition coefficient (Wildman–Crippen LogP) is 2.82. The number of hydrogen-bond acceptors (Lipinski definition) is 7. The van der Waals surface area contributed by atoms with Gasteiger partial charge in [0, 0.05) is 18.0 Å². The van der Waals surface area contributed by atoms with Crippen molar-refractivity contribution in [2.75, 3.05) is 13.1 Å². The maximum Gasteiger partial charge on any atom is 0.265 e. The van der Waals surface area contributed by atoms with Gasteiger partial charge in [-0.25, -0.2) is 9.97 Å². The molecule has 4 rings (SSSR count). The number of aliphatic hydroxyl groups is 1. The number of aryl methyl sites for hydroxylation is 4. The maximum atomic E-state index is 12.9. The van der Waals surface area contributed by atoms with E-state index in [9.17, 15) is 14.7 Å². The largest absolute Gasteiger partial charge is 0.388 e. The Bertz CT molecular complexity index is 1150. The van der Waals surface area contributed by atoms with Crippen LogP contribution in [0.25, 0.3) is 10.2 Å². The lowest BCUT2D eigenvalue weighted by Crippen LogP contribution is -2.49. The third-order valence-electron chi connectivity index (χ3n) is 5.70. The first-order valence-electron chi connectivity index (χ1n) is 9.59. The zero-order valence-corrected chi connectivity index (χ0v) is 18.6. The highest BCUT2D eigenvalue weighted by Gasteiger charge is 2.35. The van der Waals surface area contributed by atoms with Gasteiger partial charge in [0.1, 0.15) is 9.71 Å². The summed E-state index contributed by atoms with van der Waals surface area (Å²) >= 11 is 2.92. The number of thiazole rings is 1. The predicted molar refractivity (Wildman–Crippen MR) is 115 cm³/mol. The Kier molecular flexibility index (Phi) is 5.08. The number of aromatic nitrogens is 3. The molecule has 1 aliphatic heterocycles. The van der Waals surface area contributed by atoms with Crippen molar-refractivity contribution in [3.63, 3.8) is 0 Å². The summed E-state index contributed by atoms with van der Waals surface area (Å²) in [5, 5.41) is 12.6. The van der Waals surface area contributed by atoms with E-state index in [-0.39, 0.29) is 18.0 Å². The molecule has 9 heteroatoms. The summed E-state index contributed by atoms with van der Waals surface area (Å²) in [5.74, 6) is -0.0280. The number of carbonyl (C=O) groups is 1. The van der Waals surface area contributed by atoms with Crippen LogP contribution in [0.2, 0.25) is 0 Å². The standard InChI is InChI=1S/C20H24N4O3S2/c1-11-13(3)28-17-15(11)18(25)24(10-21-17)9-20(27)5-7-23(8-6-20)19(26)16-12(2)22-14(4)29-16/h10,27H,5-9H2,1-4H3. The number of likely N-dealkylation sites (tertiary alicyclic amines) is 1. The maximum absolute atomic E-state index is 12.9. The smallest absolute Gasteiger partial charge is 0.265 e. The Morgan fingerprint density at radius 2 is 1.90 bits per heavy atom. The second-order valence-electron chi connectivity index (χ2n) is 7.80. The van der Waals surface area contributed by atoms with Crippen LogP contribution in [0, 0.1) is 27.7 Å². The second-order valence-corrected chi connectivity index (χ2v) is 10.2. The molecular formula is C20H24N4O3S2. The number of carbonyl (C=O) groups excluding carboxylic acids is 1. The summed E-state index contributed by atoms with van der Waals surface area (Å²) in [5.41, 5.74) is 0.567. The lowest BCUT2D eigenvalue weighted by atomic mass is 9.91. The van der Waals surface area contributed by atoms with Crippen LogP contribution in [0.15, 0.2) is 11.1 Å². The van der Waals surface area contributed by atoms with Gasteiger partial charge < -0.3 is 10.0 Å². The molecule has 3 aromatic heterocycles. The van der Waals surface area contributed by atoms with E-state index >= 15 is 0 Å². The molecule has 3 aromatic rings. The topological polar surface area (TPSA) is 88.3 Å². The fraction of sp³-hybridized carbons (Fsp3) is 0.500. The number of amides is 1. The van der Waals surface area contributed by atoms with Crippen LogP contribution in [0.3, 0.4) is 0 Å². The Labute approximate surface area is 176 Å². The quantitative estimate of drug-likeness (QED) is 0.688. The van der Waals surface area contributed by atoms with Crippen molar-refractivity contribution in [3.05, 3.63) is 42.7 Å². The molecule has 0 aromatic carbocycles. The van der Waals surface area contributed by atoms with Crippen molar-refractivity contribution < 1.29 is 9.90 Å². The van der Waals surface area contributed by atoms with E-state index in [1.165, 1.54) is 33.6 Å². The molecule has 1 aliphatic rings. The van der Waals surface area contributed by atoms with Crippen molar-refractivity contribution in [2.45, 2.75) is 52.7 Å². The molecule has 0 unspecified atom stereocenters. The second kappa shape index (κ2) is 7.30. The SMILES string of the molecule is Cc1nc(C)c(C(=O)N2CCC(O)(Cn3cnc4sc(C)c(C)c4c3=O)CC2)s1. The van der Waals surface area contributed by atoms with Gasteiger partial charge in [0.25, 0.3) is 11.5 Å². The molecule has 1 fully saturated rings. The highest BCUT2D eigenvalue weighted by molar-refractivity contribution is 7.18. The molecule has 154 valence electrons. The Morgan fingerprint density at radius 1 is 1.21 bits per heavy atom. The van der Waals surface area contributed by atoms with Crippen LogP contribution in [0.1, 0.15) is 43.7 Å². The summed E-state index contributed by atoms with van der Waals surface area (Å²) in [6, 6.07) is 0. The van der Waals surface area contributed by atoms with Crippen molar-refractivity contribution in [2.24, 2.45) is 0 Å². The van der Waals surface area contributed by atoms with E-state index in [1.807, 2.05) is 27.7 Å². The lowest BCUT2D eigenvalue weighted by molar-refractivity contribution is -0.0298. The van der Waals surface area contributed by atoms with Crippen molar-refractivity contribution in [1.29, 1.82) is 0 Å². The first-order valence-corrected chi connectivity index (χ1v) is 11.2. The number of nitrogens with zero attached hydrogens (tertiary/aromatic N) is 4. The number of piperidine rings is 1. The van der Waals surface area contributed by atoms with E-state index in [0.29, 0.717) is 36.2 Å². The number of rotatable bonds is 3. The molecule has 0 bridgehead atoms. The normalized spacial score (nSPS) is 16.5. The number of thiophene rings is 1. The Morgan fingerprint density at radius 3 is 2.52 bits per heavy atom. The average molecular weight is 433 g/mol. The zero-order chi connectivity index (χ0) is 20.9. The van der Waals surface area contributed by atoms with Gasteiger partial charge in [-0.05, 0) is 46.1 Å². The monoisotopic (exact) mass is 432 g/mol. The van der Waals surface area contributed by atoms with E-state index < -0.39 is 5.60 Å². The van der Waals surface area contributed by atoms with Gasteiger partial charge in [-0.1, -0.05) is 0 Å². The first-order chi connectivity index (χ1) is 13.7. The molecule has 1 saturated heterocycles. The van der Waals surface area contributed by atoms with Crippen LogP contribution in [0.4, 0.5) is 0 Å². The lowest BCUT2D eigenvalue weighted by Gasteiger charge is -2.38. The molecule has 4 heterocycles. The van der Waals surface area contributed by atoms with E-state index in [0.717, 1.165) is 26.0 Å². The molecule has 0 aliphatic carbocycles.